The molecule has 6 heteroatoms. The zero-order valence-corrected chi connectivity index (χ0v) is 16.6. The SMILES string of the molecule is CCN(C(C)=O)[C@H]1CN(C(=O)c2sc(C)nc2C)C2(CCCCC2)C1. The fourth-order valence-electron chi connectivity index (χ4n) is 4.80. The number of amides is 2. The Hall–Kier alpha value is -1.43. The van der Waals surface area contributed by atoms with Gasteiger partial charge in [0.05, 0.1) is 16.7 Å². The number of rotatable bonds is 3. The molecule has 0 unspecified atom stereocenters. The summed E-state index contributed by atoms with van der Waals surface area (Å²) in [5, 5.41) is 0.938. The maximum Gasteiger partial charge on any atom is 0.266 e. The second-order valence-electron chi connectivity index (χ2n) is 7.51. The second kappa shape index (κ2) is 7.06. The molecule has 1 saturated carbocycles. The highest BCUT2D eigenvalue weighted by atomic mass is 32.1. The van der Waals surface area contributed by atoms with Gasteiger partial charge in [-0.05, 0) is 40.0 Å². The predicted octanol–water partition coefficient (Wildman–Crippen LogP) is 3.55. The van der Waals surface area contributed by atoms with Crippen molar-refractivity contribution in [2.75, 3.05) is 13.1 Å². The van der Waals surface area contributed by atoms with Crippen molar-refractivity contribution < 1.29 is 9.59 Å². The van der Waals surface area contributed by atoms with Crippen LogP contribution in [0.15, 0.2) is 0 Å². The van der Waals surface area contributed by atoms with Gasteiger partial charge in [0.2, 0.25) is 5.91 Å². The zero-order valence-electron chi connectivity index (χ0n) is 15.8. The summed E-state index contributed by atoms with van der Waals surface area (Å²) in [6.45, 7) is 8.89. The van der Waals surface area contributed by atoms with Crippen LogP contribution in [0.3, 0.4) is 0 Å². The molecular formula is C19H29N3O2S. The summed E-state index contributed by atoms with van der Waals surface area (Å²) < 4.78 is 0. The van der Waals surface area contributed by atoms with Crippen molar-refractivity contribution in [3.05, 3.63) is 15.6 Å². The van der Waals surface area contributed by atoms with Crippen LogP contribution in [0.25, 0.3) is 0 Å². The van der Waals surface area contributed by atoms with Crippen LogP contribution < -0.4 is 0 Å². The van der Waals surface area contributed by atoms with Gasteiger partial charge in [-0.1, -0.05) is 19.3 Å². The van der Waals surface area contributed by atoms with Crippen LogP contribution in [-0.4, -0.2) is 51.3 Å². The van der Waals surface area contributed by atoms with Gasteiger partial charge in [-0.2, -0.15) is 0 Å². The summed E-state index contributed by atoms with van der Waals surface area (Å²) in [4.78, 5) is 34.7. The quantitative estimate of drug-likeness (QED) is 0.825. The average molecular weight is 364 g/mol. The molecule has 1 aliphatic heterocycles. The van der Waals surface area contributed by atoms with Crippen LogP contribution in [0.1, 0.15) is 72.7 Å². The number of carbonyl (C=O) groups is 2. The molecule has 0 bridgehead atoms. The molecule has 1 spiro atoms. The first kappa shape index (κ1) is 18.4. The number of nitrogens with zero attached hydrogens (tertiary/aromatic N) is 3. The monoisotopic (exact) mass is 363 g/mol. The molecule has 3 rings (SSSR count). The molecule has 1 aromatic heterocycles. The average Bonchev–Trinajstić information content (AvgIpc) is 3.08. The van der Waals surface area contributed by atoms with Crippen molar-refractivity contribution in [2.45, 2.75) is 77.8 Å². The summed E-state index contributed by atoms with van der Waals surface area (Å²) in [6.07, 6.45) is 6.62. The van der Waals surface area contributed by atoms with Gasteiger partial charge in [0.15, 0.2) is 0 Å². The Bertz CT molecular complexity index is 664. The molecule has 0 N–H and O–H groups in total. The third kappa shape index (κ3) is 3.33. The largest absolute Gasteiger partial charge is 0.338 e. The highest BCUT2D eigenvalue weighted by molar-refractivity contribution is 7.13. The van der Waals surface area contributed by atoms with Gasteiger partial charge in [-0.15, -0.1) is 11.3 Å². The Balaban J connectivity index is 1.92. The normalized spacial score (nSPS) is 22.4. The van der Waals surface area contributed by atoms with Gasteiger partial charge in [-0.3, -0.25) is 9.59 Å². The first-order valence-electron chi connectivity index (χ1n) is 9.41. The number of likely N-dealkylation sites (N-methyl/N-ethyl adjacent to an activating group) is 1. The van der Waals surface area contributed by atoms with E-state index in [0.717, 1.165) is 34.8 Å². The van der Waals surface area contributed by atoms with E-state index in [2.05, 4.69) is 9.88 Å². The Labute approximate surface area is 154 Å². The van der Waals surface area contributed by atoms with Crippen molar-refractivity contribution in [1.82, 2.24) is 14.8 Å². The molecule has 2 heterocycles. The molecule has 1 atom stereocenters. The Morgan fingerprint density at radius 3 is 2.48 bits per heavy atom. The number of aromatic nitrogens is 1. The molecule has 5 nitrogen and oxygen atoms in total. The van der Waals surface area contributed by atoms with Gasteiger partial charge in [0.1, 0.15) is 4.88 Å². The van der Waals surface area contributed by atoms with Crippen LogP contribution in [-0.2, 0) is 4.79 Å². The van der Waals surface area contributed by atoms with Crippen molar-refractivity contribution in [2.24, 2.45) is 0 Å². The highest BCUT2D eigenvalue weighted by Crippen LogP contribution is 2.44. The minimum Gasteiger partial charge on any atom is -0.338 e. The van der Waals surface area contributed by atoms with Gasteiger partial charge in [-0.25, -0.2) is 4.98 Å². The van der Waals surface area contributed by atoms with E-state index in [1.165, 1.54) is 30.6 Å². The lowest BCUT2D eigenvalue weighted by atomic mass is 9.79. The zero-order chi connectivity index (χ0) is 18.2. The molecule has 2 amide bonds. The number of aryl methyl sites for hydroxylation is 2. The van der Waals surface area contributed by atoms with E-state index in [9.17, 15) is 9.59 Å². The maximum absolute atomic E-state index is 13.4. The molecular weight excluding hydrogens is 334 g/mol. The molecule has 1 aromatic rings. The summed E-state index contributed by atoms with van der Waals surface area (Å²) >= 11 is 1.50. The first-order chi connectivity index (χ1) is 11.9. The van der Waals surface area contributed by atoms with Crippen LogP contribution in [0, 0.1) is 13.8 Å². The molecule has 2 aliphatic rings. The van der Waals surface area contributed by atoms with E-state index in [1.807, 2.05) is 25.7 Å². The fraction of sp³-hybridized carbons (Fsp3) is 0.737. The van der Waals surface area contributed by atoms with Crippen molar-refractivity contribution in [3.63, 3.8) is 0 Å². The van der Waals surface area contributed by atoms with E-state index in [0.29, 0.717) is 13.1 Å². The van der Waals surface area contributed by atoms with Crippen LogP contribution in [0.5, 0.6) is 0 Å². The molecule has 2 fully saturated rings. The summed E-state index contributed by atoms with van der Waals surface area (Å²) in [5.74, 6) is 0.227. The van der Waals surface area contributed by atoms with Crippen LogP contribution in [0.2, 0.25) is 0 Å². The minimum absolute atomic E-state index is 0.0762. The van der Waals surface area contributed by atoms with Crippen LogP contribution >= 0.6 is 11.3 Å². The lowest BCUT2D eigenvalue weighted by Gasteiger charge is -2.41. The van der Waals surface area contributed by atoms with Gasteiger partial charge in [0.25, 0.3) is 5.91 Å². The Morgan fingerprint density at radius 2 is 1.96 bits per heavy atom. The van der Waals surface area contributed by atoms with E-state index >= 15 is 0 Å². The Morgan fingerprint density at radius 1 is 1.28 bits per heavy atom. The van der Waals surface area contributed by atoms with Crippen molar-refractivity contribution in [3.8, 4) is 0 Å². The van der Waals surface area contributed by atoms with Gasteiger partial charge < -0.3 is 9.80 Å². The van der Waals surface area contributed by atoms with Crippen molar-refractivity contribution >= 4 is 23.2 Å². The summed E-state index contributed by atoms with van der Waals surface area (Å²) in [6, 6.07) is 0.138. The molecule has 1 saturated heterocycles. The molecule has 0 aromatic carbocycles. The smallest absolute Gasteiger partial charge is 0.266 e. The maximum atomic E-state index is 13.4. The first-order valence-corrected chi connectivity index (χ1v) is 10.2. The third-order valence-corrected chi connectivity index (χ3v) is 6.96. The molecule has 138 valence electrons. The van der Waals surface area contributed by atoms with E-state index in [1.54, 1.807) is 6.92 Å². The van der Waals surface area contributed by atoms with Gasteiger partial charge in [0, 0.05) is 25.6 Å². The lowest BCUT2D eigenvalue weighted by Crippen LogP contribution is -2.48. The number of hydrogen-bond acceptors (Lipinski definition) is 4. The van der Waals surface area contributed by atoms with E-state index in [-0.39, 0.29) is 23.4 Å². The topological polar surface area (TPSA) is 53.5 Å². The summed E-state index contributed by atoms with van der Waals surface area (Å²) in [5.41, 5.74) is 0.758. The van der Waals surface area contributed by atoms with Crippen LogP contribution in [0.4, 0.5) is 0 Å². The van der Waals surface area contributed by atoms with E-state index < -0.39 is 0 Å². The number of carbonyl (C=O) groups excluding carboxylic acids is 2. The summed E-state index contributed by atoms with van der Waals surface area (Å²) in [7, 11) is 0. The fourth-order valence-corrected chi connectivity index (χ4v) is 5.67. The molecule has 0 radical (unpaired) electrons. The number of likely N-dealkylation sites (tertiary alicyclic amines) is 1. The number of hydrogen-bond donors (Lipinski definition) is 0. The van der Waals surface area contributed by atoms with Gasteiger partial charge >= 0.3 is 0 Å². The number of thiazole rings is 1. The van der Waals surface area contributed by atoms with Crippen molar-refractivity contribution in [1.29, 1.82) is 0 Å². The van der Waals surface area contributed by atoms with E-state index in [4.69, 9.17) is 0 Å². The highest BCUT2D eigenvalue weighted by Gasteiger charge is 2.50. The third-order valence-electron chi connectivity index (χ3n) is 5.89. The Kier molecular flexibility index (Phi) is 5.19. The minimum atomic E-state index is -0.0762. The second-order valence-corrected chi connectivity index (χ2v) is 8.71. The standard InChI is InChI=1S/C19H29N3O2S/c1-5-21(15(4)23)16-11-19(9-7-6-8-10-19)22(12-16)18(24)17-13(2)20-14(3)25-17/h16H,5-12H2,1-4H3/t16-/m1/s1. The predicted molar refractivity (Wildman–Crippen MR) is 99.9 cm³/mol. The molecule has 1 aliphatic carbocycles. The lowest BCUT2D eigenvalue weighted by molar-refractivity contribution is -0.130. The molecule has 25 heavy (non-hydrogen) atoms.